The summed E-state index contributed by atoms with van der Waals surface area (Å²) in [7, 11) is 3.44. The summed E-state index contributed by atoms with van der Waals surface area (Å²) in [4.78, 5) is 0. The highest BCUT2D eigenvalue weighted by Gasteiger charge is 2.13. The first-order valence-electron chi connectivity index (χ1n) is 5.96. The quantitative estimate of drug-likeness (QED) is 0.766. The van der Waals surface area contributed by atoms with Gasteiger partial charge in [0.1, 0.15) is 11.6 Å². The number of aryl methyl sites for hydroxylation is 2. The molecule has 0 aliphatic rings. The minimum atomic E-state index is 0.626. The molecule has 0 aliphatic carbocycles. The van der Waals surface area contributed by atoms with E-state index >= 15 is 0 Å². The molecule has 3 rings (SSSR count). The smallest absolute Gasteiger partial charge is 0.176 e. The molecule has 19 heavy (non-hydrogen) atoms. The predicted octanol–water partition coefficient (Wildman–Crippen LogP) is 2.73. The van der Waals surface area contributed by atoms with Crippen molar-refractivity contribution >= 4 is 16.8 Å². The van der Waals surface area contributed by atoms with E-state index in [1.165, 1.54) is 0 Å². The minimum Gasteiger partial charge on any atom is -0.493 e. The number of fused-ring (bicyclic) bond motifs is 1. The number of methoxy groups -OCH3 is 1. The molecule has 0 amide bonds. The number of furan rings is 1. The fourth-order valence-electron chi connectivity index (χ4n) is 2.23. The van der Waals surface area contributed by atoms with Gasteiger partial charge in [-0.05, 0) is 30.7 Å². The number of nitrogens with zero attached hydrogens (tertiary/aromatic N) is 2. The van der Waals surface area contributed by atoms with Crippen LogP contribution in [0.1, 0.15) is 5.76 Å². The van der Waals surface area contributed by atoms with E-state index in [-0.39, 0.29) is 0 Å². The van der Waals surface area contributed by atoms with E-state index in [0.29, 0.717) is 11.6 Å². The lowest BCUT2D eigenvalue weighted by Crippen LogP contribution is -1.98. The zero-order valence-corrected chi connectivity index (χ0v) is 11.1. The van der Waals surface area contributed by atoms with E-state index < -0.39 is 0 Å². The standard InChI is InChI=1S/C14H15N3O2/c1-8-4-10-5-9(6-12(18-3)13(10)19-8)11-7-16-17(2)14(11)15/h4-7H,15H2,1-3H3. The lowest BCUT2D eigenvalue weighted by molar-refractivity contribution is 0.409. The lowest BCUT2D eigenvalue weighted by Gasteiger charge is -2.05. The molecular formula is C14H15N3O2. The third kappa shape index (κ3) is 1.74. The summed E-state index contributed by atoms with van der Waals surface area (Å²) >= 11 is 0. The Balaban J connectivity index is 2.27. The predicted molar refractivity (Wildman–Crippen MR) is 74.1 cm³/mol. The molecule has 98 valence electrons. The average molecular weight is 257 g/mol. The first-order chi connectivity index (χ1) is 9.10. The van der Waals surface area contributed by atoms with Crippen LogP contribution in [0.3, 0.4) is 0 Å². The zero-order valence-electron chi connectivity index (χ0n) is 11.1. The van der Waals surface area contributed by atoms with Gasteiger partial charge in [-0.3, -0.25) is 4.68 Å². The van der Waals surface area contributed by atoms with Crippen molar-refractivity contribution in [2.75, 3.05) is 12.8 Å². The van der Waals surface area contributed by atoms with Gasteiger partial charge in [0, 0.05) is 18.0 Å². The van der Waals surface area contributed by atoms with Gasteiger partial charge < -0.3 is 14.9 Å². The summed E-state index contributed by atoms with van der Waals surface area (Å²) in [5.41, 5.74) is 8.63. The molecular weight excluding hydrogens is 242 g/mol. The number of hydrogen-bond donors (Lipinski definition) is 1. The summed E-state index contributed by atoms with van der Waals surface area (Å²) in [6.45, 7) is 1.91. The Morgan fingerprint density at radius 3 is 2.74 bits per heavy atom. The average Bonchev–Trinajstić information content (AvgIpc) is 2.91. The van der Waals surface area contributed by atoms with Crippen LogP contribution in [-0.4, -0.2) is 16.9 Å². The zero-order chi connectivity index (χ0) is 13.6. The number of ether oxygens (including phenoxy) is 1. The Bertz CT molecular complexity index is 755. The largest absolute Gasteiger partial charge is 0.493 e. The van der Waals surface area contributed by atoms with Crippen LogP contribution in [0.5, 0.6) is 5.75 Å². The second-order valence-electron chi connectivity index (χ2n) is 4.52. The molecule has 1 aromatic carbocycles. The molecule has 0 fully saturated rings. The van der Waals surface area contributed by atoms with Crippen molar-refractivity contribution in [2.24, 2.45) is 7.05 Å². The van der Waals surface area contributed by atoms with E-state index in [9.17, 15) is 0 Å². The molecule has 5 nitrogen and oxygen atoms in total. The summed E-state index contributed by atoms with van der Waals surface area (Å²) in [6.07, 6.45) is 1.75. The summed E-state index contributed by atoms with van der Waals surface area (Å²) in [5, 5.41) is 5.16. The van der Waals surface area contributed by atoms with E-state index in [1.807, 2.05) is 32.2 Å². The van der Waals surface area contributed by atoms with Crippen LogP contribution in [0.4, 0.5) is 5.82 Å². The van der Waals surface area contributed by atoms with Crippen molar-refractivity contribution in [3.63, 3.8) is 0 Å². The second-order valence-corrected chi connectivity index (χ2v) is 4.52. The molecule has 5 heteroatoms. The number of nitrogens with two attached hydrogens (primary N) is 1. The van der Waals surface area contributed by atoms with Gasteiger partial charge in [0.15, 0.2) is 11.3 Å². The Morgan fingerprint density at radius 1 is 1.32 bits per heavy atom. The Labute approximate surface area is 110 Å². The van der Waals surface area contributed by atoms with Crippen LogP contribution in [0.15, 0.2) is 28.8 Å². The molecule has 0 aliphatic heterocycles. The van der Waals surface area contributed by atoms with Crippen LogP contribution >= 0.6 is 0 Å². The number of anilines is 1. The van der Waals surface area contributed by atoms with Crippen molar-refractivity contribution in [2.45, 2.75) is 6.92 Å². The van der Waals surface area contributed by atoms with Gasteiger partial charge in [-0.25, -0.2) is 0 Å². The molecule has 0 radical (unpaired) electrons. The highest BCUT2D eigenvalue weighted by Crippen LogP contribution is 2.35. The van der Waals surface area contributed by atoms with Gasteiger partial charge in [-0.1, -0.05) is 0 Å². The second kappa shape index (κ2) is 4.05. The van der Waals surface area contributed by atoms with Crippen molar-refractivity contribution in [1.82, 2.24) is 9.78 Å². The van der Waals surface area contributed by atoms with Crippen LogP contribution in [0.25, 0.3) is 22.1 Å². The molecule has 0 saturated carbocycles. The molecule has 2 heterocycles. The number of nitrogen functional groups attached to an aromatic ring is 1. The molecule has 2 N–H and O–H groups in total. The van der Waals surface area contributed by atoms with Crippen LogP contribution in [-0.2, 0) is 7.05 Å². The SMILES string of the molecule is COc1cc(-c2cnn(C)c2N)cc2cc(C)oc12. The minimum absolute atomic E-state index is 0.626. The molecule has 3 aromatic rings. The number of rotatable bonds is 2. The van der Waals surface area contributed by atoms with Gasteiger partial charge in [0.05, 0.1) is 13.3 Å². The number of benzene rings is 1. The van der Waals surface area contributed by atoms with E-state index in [4.69, 9.17) is 14.9 Å². The monoisotopic (exact) mass is 257 g/mol. The maximum absolute atomic E-state index is 6.01. The molecule has 0 spiro atoms. The molecule has 0 bridgehead atoms. The van der Waals surface area contributed by atoms with Gasteiger partial charge in [-0.2, -0.15) is 5.10 Å². The van der Waals surface area contributed by atoms with Crippen LogP contribution in [0.2, 0.25) is 0 Å². The van der Waals surface area contributed by atoms with Gasteiger partial charge in [0.2, 0.25) is 0 Å². The highest BCUT2D eigenvalue weighted by molar-refractivity contribution is 5.90. The highest BCUT2D eigenvalue weighted by atomic mass is 16.5. The number of aromatic nitrogens is 2. The van der Waals surface area contributed by atoms with E-state index in [2.05, 4.69) is 5.10 Å². The Kier molecular flexibility index (Phi) is 2.48. The maximum Gasteiger partial charge on any atom is 0.176 e. The fraction of sp³-hybridized carbons (Fsp3) is 0.214. The summed E-state index contributed by atoms with van der Waals surface area (Å²) < 4.78 is 12.7. The maximum atomic E-state index is 6.01. The Hall–Kier alpha value is -2.43. The van der Waals surface area contributed by atoms with Crippen molar-refractivity contribution in [3.05, 3.63) is 30.2 Å². The molecule has 2 aromatic heterocycles. The third-order valence-corrected chi connectivity index (χ3v) is 3.22. The Morgan fingerprint density at radius 2 is 2.11 bits per heavy atom. The molecule has 0 saturated heterocycles. The first kappa shape index (κ1) is 11.6. The number of hydrogen-bond acceptors (Lipinski definition) is 4. The van der Waals surface area contributed by atoms with E-state index in [0.717, 1.165) is 27.9 Å². The normalized spacial score (nSPS) is 11.1. The molecule has 0 atom stereocenters. The molecule has 0 unspecified atom stereocenters. The van der Waals surface area contributed by atoms with Gasteiger partial charge in [0.25, 0.3) is 0 Å². The van der Waals surface area contributed by atoms with Gasteiger partial charge >= 0.3 is 0 Å². The van der Waals surface area contributed by atoms with Crippen LogP contribution in [0, 0.1) is 6.92 Å². The summed E-state index contributed by atoms with van der Waals surface area (Å²) in [5.74, 6) is 2.18. The van der Waals surface area contributed by atoms with Gasteiger partial charge in [-0.15, -0.1) is 0 Å². The van der Waals surface area contributed by atoms with Crippen molar-refractivity contribution < 1.29 is 9.15 Å². The third-order valence-electron chi connectivity index (χ3n) is 3.22. The van der Waals surface area contributed by atoms with E-state index in [1.54, 1.807) is 18.0 Å². The first-order valence-corrected chi connectivity index (χ1v) is 5.96. The topological polar surface area (TPSA) is 66.2 Å². The van der Waals surface area contributed by atoms with Crippen molar-refractivity contribution in [3.8, 4) is 16.9 Å². The summed E-state index contributed by atoms with van der Waals surface area (Å²) in [6, 6.07) is 5.92. The fourth-order valence-corrected chi connectivity index (χ4v) is 2.23. The van der Waals surface area contributed by atoms with Crippen LogP contribution < -0.4 is 10.5 Å². The van der Waals surface area contributed by atoms with Crippen molar-refractivity contribution in [1.29, 1.82) is 0 Å². The lowest BCUT2D eigenvalue weighted by atomic mass is 10.1.